The average molecular weight is 349 g/mol. The Hall–Kier alpha value is -2.97. The number of rotatable bonds is 4. The lowest BCUT2D eigenvalue weighted by Gasteiger charge is -2.10. The number of oxime groups is 1. The molecule has 1 aliphatic heterocycles. The van der Waals surface area contributed by atoms with Crippen molar-refractivity contribution in [3.8, 4) is 11.3 Å². The molecule has 25 heavy (non-hydrogen) atoms. The van der Waals surface area contributed by atoms with Gasteiger partial charge in [-0.15, -0.1) is 0 Å². The quantitative estimate of drug-likeness (QED) is 0.890. The molecule has 3 rings (SSSR count). The third-order valence-electron chi connectivity index (χ3n) is 3.65. The van der Waals surface area contributed by atoms with Crippen LogP contribution in [0.2, 0.25) is 0 Å². The third-order valence-corrected chi connectivity index (χ3v) is 3.65. The van der Waals surface area contributed by atoms with Gasteiger partial charge in [0.05, 0.1) is 18.0 Å². The maximum atomic E-state index is 13.3. The van der Waals surface area contributed by atoms with Gasteiger partial charge >= 0.3 is 6.03 Å². The summed E-state index contributed by atoms with van der Waals surface area (Å²) in [6, 6.07) is 4.24. The van der Waals surface area contributed by atoms with Crippen molar-refractivity contribution in [2.45, 2.75) is 19.4 Å². The summed E-state index contributed by atoms with van der Waals surface area (Å²) < 4.78 is 28.1. The highest BCUT2D eigenvalue weighted by Gasteiger charge is 2.19. The summed E-state index contributed by atoms with van der Waals surface area (Å²) in [6.07, 6.45) is 0.490. The van der Waals surface area contributed by atoms with Crippen LogP contribution < -0.4 is 10.6 Å². The minimum absolute atomic E-state index is 0.178. The minimum atomic E-state index is -0.693. The van der Waals surface area contributed by atoms with Crippen LogP contribution >= 0.6 is 0 Å². The molecule has 0 fully saturated rings. The van der Waals surface area contributed by atoms with E-state index in [9.17, 15) is 13.6 Å². The van der Waals surface area contributed by atoms with Crippen LogP contribution in [0.4, 0.5) is 19.4 Å². The maximum Gasteiger partial charge on any atom is 0.320 e. The number of nitrogens with zero attached hydrogens (tertiary/aromatic N) is 3. The van der Waals surface area contributed by atoms with E-state index in [1.807, 2.05) is 6.92 Å². The van der Waals surface area contributed by atoms with Crippen molar-refractivity contribution >= 4 is 17.6 Å². The molecule has 1 aliphatic rings. The van der Waals surface area contributed by atoms with Crippen LogP contribution in [0.25, 0.3) is 11.3 Å². The Morgan fingerprint density at radius 1 is 1.32 bits per heavy atom. The van der Waals surface area contributed by atoms with Crippen LogP contribution in [0.15, 0.2) is 29.4 Å². The zero-order valence-corrected chi connectivity index (χ0v) is 13.7. The van der Waals surface area contributed by atoms with Crippen LogP contribution in [0, 0.1) is 11.6 Å². The van der Waals surface area contributed by atoms with E-state index in [-0.39, 0.29) is 11.7 Å². The van der Waals surface area contributed by atoms with Gasteiger partial charge in [-0.25, -0.2) is 13.6 Å². The van der Waals surface area contributed by atoms with Gasteiger partial charge in [-0.3, -0.25) is 10.00 Å². The van der Waals surface area contributed by atoms with E-state index in [1.54, 1.807) is 7.05 Å². The van der Waals surface area contributed by atoms with Gasteiger partial charge in [0, 0.05) is 31.2 Å². The lowest BCUT2D eigenvalue weighted by molar-refractivity contribution is 0.0870. The Morgan fingerprint density at radius 2 is 2.04 bits per heavy atom. The van der Waals surface area contributed by atoms with Crippen molar-refractivity contribution < 1.29 is 18.4 Å². The lowest BCUT2D eigenvalue weighted by Crippen LogP contribution is -2.35. The smallest absolute Gasteiger partial charge is 0.320 e. The second-order valence-corrected chi connectivity index (χ2v) is 5.79. The van der Waals surface area contributed by atoms with Gasteiger partial charge in [0.25, 0.3) is 0 Å². The first-order valence-electron chi connectivity index (χ1n) is 7.65. The van der Waals surface area contributed by atoms with Gasteiger partial charge in [-0.05, 0) is 19.1 Å². The number of amides is 2. The number of carbonyl (C=O) groups is 1. The summed E-state index contributed by atoms with van der Waals surface area (Å²) in [5, 5.41) is 13.3. The number of hydrogen-bond donors (Lipinski definition) is 2. The Balaban J connectivity index is 1.63. The van der Waals surface area contributed by atoms with E-state index in [0.717, 1.165) is 11.8 Å². The van der Waals surface area contributed by atoms with Crippen LogP contribution in [-0.2, 0) is 11.9 Å². The fraction of sp³-hybridized carbons (Fsp3) is 0.312. The highest BCUT2D eigenvalue weighted by Crippen LogP contribution is 2.23. The first kappa shape index (κ1) is 16.9. The van der Waals surface area contributed by atoms with Gasteiger partial charge in [-0.2, -0.15) is 5.10 Å². The molecule has 2 heterocycles. The van der Waals surface area contributed by atoms with Crippen molar-refractivity contribution in [2.75, 3.05) is 11.9 Å². The van der Waals surface area contributed by atoms with Gasteiger partial charge < -0.3 is 10.2 Å². The number of benzene rings is 1. The molecule has 1 atom stereocenters. The fourth-order valence-electron chi connectivity index (χ4n) is 2.47. The summed E-state index contributed by atoms with van der Waals surface area (Å²) >= 11 is 0. The Kier molecular flexibility index (Phi) is 4.64. The fourth-order valence-corrected chi connectivity index (χ4v) is 2.47. The van der Waals surface area contributed by atoms with Crippen LogP contribution in [0.5, 0.6) is 0 Å². The van der Waals surface area contributed by atoms with Gasteiger partial charge in [-0.1, -0.05) is 5.16 Å². The topological polar surface area (TPSA) is 80.5 Å². The van der Waals surface area contributed by atoms with Crippen molar-refractivity contribution in [3.63, 3.8) is 0 Å². The molecule has 9 heteroatoms. The van der Waals surface area contributed by atoms with Gasteiger partial charge in [0.1, 0.15) is 23.6 Å². The Labute approximate surface area is 142 Å². The van der Waals surface area contributed by atoms with Crippen molar-refractivity contribution in [3.05, 3.63) is 35.9 Å². The molecule has 0 aliphatic carbocycles. The number of halogens is 2. The van der Waals surface area contributed by atoms with Gasteiger partial charge in [0.15, 0.2) is 0 Å². The second kappa shape index (κ2) is 6.88. The molecule has 0 spiro atoms. The molecular formula is C16H17F2N5O2. The van der Waals surface area contributed by atoms with E-state index in [4.69, 9.17) is 4.84 Å². The summed E-state index contributed by atoms with van der Waals surface area (Å²) in [4.78, 5) is 17.1. The highest BCUT2D eigenvalue weighted by molar-refractivity contribution is 5.89. The number of hydrogen-bond acceptors (Lipinski definition) is 4. The molecular weight excluding hydrogens is 332 g/mol. The number of nitrogens with one attached hydrogen (secondary N) is 2. The van der Waals surface area contributed by atoms with Gasteiger partial charge in [0.2, 0.25) is 0 Å². The highest BCUT2D eigenvalue weighted by atomic mass is 19.1. The van der Waals surface area contributed by atoms with Crippen molar-refractivity contribution in [1.82, 2.24) is 15.1 Å². The number of anilines is 1. The predicted molar refractivity (Wildman–Crippen MR) is 88.2 cm³/mol. The molecule has 7 nitrogen and oxygen atoms in total. The minimum Gasteiger partial charge on any atom is -0.390 e. The summed E-state index contributed by atoms with van der Waals surface area (Å²) in [7, 11) is 1.62. The third kappa shape index (κ3) is 4.11. The van der Waals surface area contributed by atoms with E-state index in [1.165, 1.54) is 22.9 Å². The number of carbonyl (C=O) groups excluding carboxylic acids is 1. The molecule has 0 unspecified atom stereocenters. The number of urea groups is 1. The van der Waals surface area contributed by atoms with Crippen LogP contribution in [0.3, 0.4) is 0 Å². The second-order valence-electron chi connectivity index (χ2n) is 5.79. The summed E-state index contributed by atoms with van der Waals surface area (Å²) in [5.41, 5.74) is 1.51. The molecule has 2 N–H and O–H groups in total. The molecule has 0 radical (unpaired) electrons. The van der Waals surface area contributed by atoms with Crippen molar-refractivity contribution in [1.29, 1.82) is 0 Å². The maximum absolute atomic E-state index is 13.3. The molecule has 132 valence electrons. The van der Waals surface area contributed by atoms with E-state index >= 15 is 0 Å². The standard InChI is InChI=1S/C16H17F2N5O2/c1-9-3-13(25-22-9)8-19-16(24)20-15-7-14(21-23(15)2)10-4-11(17)6-12(18)5-10/h4-7,13H,3,8H2,1-2H3,(H2,19,20,24)/t13-/m1/s1. The van der Waals surface area contributed by atoms with Crippen LogP contribution in [0.1, 0.15) is 13.3 Å². The summed E-state index contributed by atoms with van der Waals surface area (Å²) in [5.74, 6) is -0.999. The molecule has 0 saturated carbocycles. The number of aromatic nitrogens is 2. The predicted octanol–water partition coefficient (Wildman–Crippen LogP) is 2.65. The molecule has 1 aromatic carbocycles. The lowest BCUT2D eigenvalue weighted by atomic mass is 10.1. The molecule has 2 aromatic rings. The zero-order chi connectivity index (χ0) is 18.0. The molecule has 2 amide bonds. The van der Waals surface area contributed by atoms with E-state index < -0.39 is 17.7 Å². The van der Waals surface area contributed by atoms with E-state index in [2.05, 4.69) is 20.9 Å². The number of aryl methyl sites for hydroxylation is 1. The average Bonchev–Trinajstić information content (AvgIpc) is 3.11. The normalized spacial score (nSPS) is 16.3. The van der Waals surface area contributed by atoms with E-state index in [0.29, 0.717) is 24.5 Å². The van der Waals surface area contributed by atoms with Crippen molar-refractivity contribution in [2.24, 2.45) is 12.2 Å². The largest absolute Gasteiger partial charge is 0.390 e. The first-order valence-corrected chi connectivity index (χ1v) is 7.65. The zero-order valence-electron chi connectivity index (χ0n) is 13.7. The summed E-state index contributed by atoms with van der Waals surface area (Å²) in [6.45, 7) is 2.17. The van der Waals surface area contributed by atoms with Crippen LogP contribution in [-0.4, -0.2) is 34.2 Å². The SMILES string of the molecule is CC1=NO[C@@H](CNC(=O)Nc2cc(-c3cc(F)cc(F)c3)nn2C)C1. The first-order chi connectivity index (χ1) is 11.9. The molecule has 1 aromatic heterocycles. The molecule has 0 saturated heterocycles. The Morgan fingerprint density at radius 3 is 2.68 bits per heavy atom. The molecule has 0 bridgehead atoms. The monoisotopic (exact) mass is 349 g/mol. The Bertz CT molecular complexity index is 814.